The third-order valence-electron chi connectivity index (χ3n) is 5.18. The van der Waals surface area contributed by atoms with Gasteiger partial charge in [-0.15, -0.1) is 0 Å². The van der Waals surface area contributed by atoms with E-state index in [9.17, 15) is 4.79 Å². The summed E-state index contributed by atoms with van der Waals surface area (Å²) in [6, 6.07) is 8.01. The van der Waals surface area contributed by atoms with Gasteiger partial charge in [0.1, 0.15) is 26.2 Å². The Balaban J connectivity index is 1.54. The van der Waals surface area contributed by atoms with E-state index in [0.717, 1.165) is 32.0 Å². The highest BCUT2D eigenvalue weighted by Gasteiger charge is 2.32. The molecule has 5 heteroatoms. The lowest BCUT2D eigenvalue weighted by Crippen LogP contribution is -3.28. The number of nitrogens with zero attached hydrogens (tertiary/aromatic N) is 1. The van der Waals surface area contributed by atoms with Crippen molar-refractivity contribution < 1.29 is 14.6 Å². The largest absolute Gasteiger partial charge is 0.338 e. The number of hydrogen-bond acceptors (Lipinski definition) is 1. The number of carbonyl (C=O) groups excluding carboxylic acids is 1. The number of halogens is 1. The zero-order chi connectivity index (χ0) is 15.5. The van der Waals surface area contributed by atoms with Gasteiger partial charge in [-0.1, -0.05) is 17.7 Å². The fourth-order valence-corrected chi connectivity index (χ4v) is 3.89. The van der Waals surface area contributed by atoms with Crippen molar-refractivity contribution in [3.63, 3.8) is 0 Å². The van der Waals surface area contributed by atoms with Gasteiger partial charge in [-0.05, 0) is 18.2 Å². The predicted molar refractivity (Wildman–Crippen MR) is 87.7 cm³/mol. The Hall–Kier alpha value is -1.10. The molecule has 1 aromatic rings. The van der Waals surface area contributed by atoms with Crippen LogP contribution in [0, 0.1) is 0 Å². The molecule has 0 saturated carbocycles. The normalized spacial score (nSPS) is 26.9. The van der Waals surface area contributed by atoms with Crippen LogP contribution in [0.5, 0.6) is 0 Å². The number of piperidine rings is 1. The van der Waals surface area contributed by atoms with Gasteiger partial charge in [0.05, 0.1) is 13.1 Å². The Bertz CT molecular complexity index is 520. The maximum absolute atomic E-state index is 12.5. The maximum atomic E-state index is 12.5. The third kappa shape index (κ3) is 3.62. The molecule has 2 aliphatic rings. The molecule has 0 atom stereocenters. The molecule has 4 nitrogen and oxygen atoms in total. The molecular weight excluding hydrogens is 298 g/mol. The van der Waals surface area contributed by atoms with Crippen LogP contribution in [0.3, 0.4) is 0 Å². The number of carbonyl (C=O) groups is 1. The van der Waals surface area contributed by atoms with Crippen molar-refractivity contribution in [1.29, 1.82) is 0 Å². The van der Waals surface area contributed by atoms with E-state index in [-0.39, 0.29) is 5.91 Å². The summed E-state index contributed by atoms with van der Waals surface area (Å²) >= 11 is 5.99. The summed E-state index contributed by atoms with van der Waals surface area (Å²) in [7, 11) is 2.28. The van der Waals surface area contributed by atoms with Crippen LogP contribution >= 0.6 is 11.6 Å². The van der Waals surface area contributed by atoms with Gasteiger partial charge in [0.15, 0.2) is 0 Å². The fourth-order valence-electron chi connectivity index (χ4n) is 3.70. The topological polar surface area (TPSA) is 29.2 Å². The second-order valence-corrected chi connectivity index (χ2v) is 7.13. The lowest BCUT2D eigenvalue weighted by atomic mass is 10.0. The number of amides is 1. The molecule has 0 aliphatic carbocycles. The van der Waals surface area contributed by atoms with E-state index < -0.39 is 0 Å². The number of piperazine rings is 1. The summed E-state index contributed by atoms with van der Waals surface area (Å²) in [6.45, 7) is 6.86. The number of hydrogen-bond donors (Lipinski definition) is 2. The number of nitrogens with one attached hydrogen (secondary N) is 2. The molecule has 2 aliphatic heterocycles. The number of benzene rings is 1. The van der Waals surface area contributed by atoms with Crippen molar-refractivity contribution in [1.82, 2.24) is 4.90 Å². The Morgan fingerprint density at radius 1 is 1.18 bits per heavy atom. The van der Waals surface area contributed by atoms with Crippen LogP contribution in [-0.2, 0) is 0 Å². The Morgan fingerprint density at radius 2 is 1.86 bits per heavy atom. The van der Waals surface area contributed by atoms with E-state index in [1.165, 1.54) is 26.2 Å². The minimum atomic E-state index is 0.124. The van der Waals surface area contributed by atoms with Gasteiger partial charge in [-0.2, -0.15) is 0 Å². The molecule has 2 saturated heterocycles. The van der Waals surface area contributed by atoms with E-state index >= 15 is 0 Å². The van der Waals surface area contributed by atoms with Gasteiger partial charge in [-0.3, -0.25) is 4.79 Å². The molecule has 22 heavy (non-hydrogen) atoms. The average molecular weight is 324 g/mol. The summed E-state index contributed by atoms with van der Waals surface area (Å²) in [6.07, 6.45) is 2.25. The smallest absolute Gasteiger partial charge is 0.253 e. The monoisotopic (exact) mass is 323 g/mol. The van der Waals surface area contributed by atoms with Crippen molar-refractivity contribution in [3.8, 4) is 0 Å². The van der Waals surface area contributed by atoms with Crippen LogP contribution in [0.4, 0.5) is 0 Å². The van der Waals surface area contributed by atoms with Crippen molar-refractivity contribution in [2.45, 2.75) is 18.9 Å². The molecule has 2 heterocycles. The zero-order valence-electron chi connectivity index (χ0n) is 13.3. The molecule has 1 aromatic carbocycles. The Labute approximate surface area is 137 Å². The third-order valence-corrected chi connectivity index (χ3v) is 5.41. The summed E-state index contributed by atoms with van der Waals surface area (Å²) in [5, 5.41) is 0.630. The van der Waals surface area contributed by atoms with E-state index in [1.807, 2.05) is 23.1 Å². The van der Waals surface area contributed by atoms with E-state index in [2.05, 4.69) is 7.05 Å². The van der Waals surface area contributed by atoms with E-state index in [4.69, 9.17) is 11.6 Å². The standard InChI is InChI=1S/C17H24ClN3O/c1-19-9-11-20(12-10-19)16-5-7-21(8-6-16)17(22)14-3-2-4-15(18)13-14/h2-4,13,16H,5-12H2,1H3/p+2. The molecule has 0 unspecified atom stereocenters. The van der Waals surface area contributed by atoms with Crippen LogP contribution < -0.4 is 9.80 Å². The number of likely N-dealkylation sites (N-methyl/N-ethyl adjacent to an activating group) is 1. The van der Waals surface area contributed by atoms with E-state index in [0.29, 0.717) is 10.6 Å². The first-order valence-corrected chi connectivity index (χ1v) is 8.72. The zero-order valence-corrected chi connectivity index (χ0v) is 14.0. The lowest BCUT2D eigenvalue weighted by Gasteiger charge is -2.38. The van der Waals surface area contributed by atoms with Crippen LogP contribution in [0.15, 0.2) is 24.3 Å². The SMILES string of the molecule is C[NH+]1CC[NH+](C2CCN(C(=O)c3cccc(Cl)c3)CC2)CC1. The number of likely N-dealkylation sites (tertiary alicyclic amines) is 1. The Kier molecular flexibility index (Phi) is 5.01. The van der Waals surface area contributed by atoms with Crippen LogP contribution in [0.2, 0.25) is 5.02 Å². The summed E-state index contributed by atoms with van der Waals surface area (Å²) in [5.74, 6) is 0.124. The minimum Gasteiger partial charge on any atom is -0.338 e. The predicted octanol–water partition coefficient (Wildman–Crippen LogP) is -0.642. The van der Waals surface area contributed by atoms with Crippen molar-refractivity contribution >= 4 is 17.5 Å². The number of rotatable bonds is 2. The molecule has 3 rings (SSSR count). The summed E-state index contributed by atoms with van der Waals surface area (Å²) < 4.78 is 0. The second kappa shape index (κ2) is 6.99. The van der Waals surface area contributed by atoms with Gasteiger partial charge in [0, 0.05) is 36.5 Å². The molecule has 2 fully saturated rings. The molecule has 120 valence electrons. The molecule has 1 amide bonds. The van der Waals surface area contributed by atoms with Crippen molar-refractivity contribution in [3.05, 3.63) is 34.9 Å². The van der Waals surface area contributed by atoms with Crippen LogP contribution in [-0.4, -0.2) is 63.2 Å². The quantitative estimate of drug-likeness (QED) is 0.745. The molecule has 0 bridgehead atoms. The molecule has 0 spiro atoms. The Morgan fingerprint density at radius 3 is 2.50 bits per heavy atom. The van der Waals surface area contributed by atoms with Gasteiger partial charge in [0.2, 0.25) is 0 Å². The highest BCUT2D eigenvalue weighted by molar-refractivity contribution is 6.30. The summed E-state index contributed by atoms with van der Waals surface area (Å²) in [5.41, 5.74) is 0.710. The van der Waals surface area contributed by atoms with Gasteiger partial charge in [-0.25, -0.2) is 0 Å². The van der Waals surface area contributed by atoms with Crippen LogP contribution in [0.1, 0.15) is 23.2 Å². The minimum absolute atomic E-state index is 0.124. The molecule has 0 radical (unpaired) electrons. The fraction of sp³-hybridized carbons (Fsp3) is 0.588. The first-order chi connectivity index (χ1) is 10.6. The second-order valence-electron chi connectivity index (χ2n) is 6.69. The molecule has 2 N–H and O–H groups in total. The van der Waals surface area contributed by atoms with Gasteiger partial charge in [0.25, 0.3) is 5.91 Å². The highest BCUT2D eigenvalue weighted by Crippen LogP contribution is 2.16. The highest BCUT2D eigenvalue weighted by atomic mass is 35.5. The first kappa shape index (κ1) is 15.8. The van der Waals surface area contributed by atoms with Crippen molar-refractivity contribution in [2.24, 2.45) is 0 Å². The average Bonchev–Trinajstić information content (AvgIpc) is 2.55. The van der Waals surface area contributed by atoms with Gasteiger partial charge < -0.3 is 14.7 Å². The van der Waals surface area contributed by atoms with Gasteiger partial charge >= 0.3 is 0 Å². The lowest BCUT2D eigenvalue weighted by molar-refractivity contribution is -1.02. The molecule has 0 aromatic heterocycles. The maximum Gasteiger partial charge on any atom is 0.253 e. The summed E-state index contributed by atoms with van der Waals surface area (Å²) in [4.78, 5) is 17.9. The molecular formula is C17H26ClN3O+2. The van der Waals surface area contributed by atoms with Crippen molar-refractivity contribution in [2.75, 3.05) is 46.3 Å². The van der Waals surface area contributed by atoms with Crippen LogP contribution in [0.25, 0.3) is 0 Å². The van der Waals surface area contributed by atoms with E-state index in [1.54, 1.807) is 15.9 Å². The first-order valence-electron chi connectivity index (χ1n) is 8.34. The number of quaternary nitrogens is 2.